The van der Waals surface area contributed by atoms with E-state index in [1.165, 1.54) is 11.8 Å². The number of amides is 1. The lowest BCUT2D eigenvalue weighted by molar-refractivity contribution is -0.113. The fraction of sp³-hybridized carbons (Fsp3) is 0.227. The first-order chi connectivity index (χ1) is 14.5. The zero-order valence-corrected chi connectivity index (χ0v) is 19.0. The third-order valence-corrected chi connectivity index (χ3v) is 6.26. The van der Waals surface area contributed by atoms with Crippen LogP contribution in [-0.4, -0.2) is 21.2 Å². The SMILES string of the molecule is CCCn1c(SCC(=O)Nc2ccc(C)cc2Br)nc2c(oc3ccccc32)c1=O. The summed E-state index contributed by atoms with van der Waals surface area (Å²) in [6.45, 7) is 4.48. The van der Waals surface area contributed by atoms with E-state index >= 15 is 0 Å². The monoisotopic (exact) mass is 485 g/mol. The zero-order chi connectivity index (χ0) is 21.3. The Morgan fingerprint density at radius 3 is 2.83 bits per heavy atom. The molecule has 0 aliphatic heterocycles. The molecule has 30 heavy (non-hydrogen) atoms. The first-order valence-electron chi connectivity index (χ1n) is 9.58. The predicted molar refractivity (Wildman–Crippen MR) is 124 cm³/mol. The van der Waals surface area contributed by atoms with Gasteiger partial charge >= 0.3 is 0 Å². The maximum absolute atomic E-state index is 13.0. The Hall–Kier alpha value is -2.58. The second-order valence-electron chi connectivity index (χ2n) is 6.95. The number of hydrogen-bond acceptors (Lipinski definition) is 5. The van der Waals surface area contributed by atoms with Gasteiger partial charge in [-0.3, -0.25) is 14.2 Å². The summed E-state index contributed by atoms with van der Waals surface area (Å²) in [5, 5.41) is 4.20. The third-order valence-electron chi connectivity index (χ3n) is 4.63. The van der Waals surface area contributed by atoms with Gasteiger partial charge in [0.2, 0.25) is 11.5 Å². The number of para-hydroxylation sites is 1. The van der Waals surface area contributed by atoms with Crippen LogP contribution in [0.2, 0.25) is 0 Å². The van der Waals surface area contributed by atoms with E-state index in [2.05, 4.69) is 21.2 Å². The highest BCUT2D eigenvalue weighted by Crippen LogP contribution is 2.28. The van der Waals surface area contributed by atoms with Crippen molar-refractivity contribution >= 4 is 61.4 Å². The van der Waals surface area contributed by atoms with Crippen LogP contribution in [0.5, 0.6) is 0 Å². The fourth-order valence-electron chi connectivity index (χ4n) is 3.22. The number of nitrogens with zero attached hydrogens (tertiary/aromatic N) is 2. The highest BCUT2D eigenvalue weighted by Gasteiger charge is 2.18. The molecule has 0 aliphatic carbocycles. The van der Waals surface area contributed by atoms with Crippen molar-refractivity contribution < 1.29 is 9.21 Å². The molecule has 1 N–H and O–H groups in total. The average Bonchev–Trinajstić information content (AvgIpc) is 3.10. The molecule has 0 atom stereocenters. The minimum absolute atomic E-state index is 0.137. The molecule has 0 unspecified atom stereocenters. The van der Waals surface area contributed by atoms with E-state index in [9.17, 15) is 9.59 Å². The van der Waals surface area contributed by atoms with Crippen molar-refractivity contribution in [2.75, 3.05) is 11.1 Å². The molecule has 0 saturated carbocycles. The number of hydrogen-bond donors (Lipinski definition) is 1. The summed E-state index contributed by atoms with van der Waals surface area (Å²) in [6.07, 6.45) is 0.767. The van der Waals surface area contributed by atoms with Crippen LogP contribution in [0.1, 0.15) is 18.9 Å². The van der Waals surface area contributed by atoms with Gasteiger partial charge in [0, 0.05) is 16.4 Å². The van der Waals surface area contributed by atoms with Crippen molar-refractivity contribution in [1.29, 1.82) is 0 Å². The number of carbonyl (C=O) groups is 1. The predicted octanol–water partition coefficient (Wildman–Crippen LogP) is 5.35. The summed E-state index contributed by atoms with van der Waals surface area (Å²) in [6, 6.07) is 13.2. The molecule has 0 radical (unpaired) electrons. The highest BCUT2D eigenvalue weighted by atomic mass is 79.9. The Morgan fingerprint density at radius 2 is 2.07 bits per heavy atom. The first-order valence-corrected chi connectivity index (χ1v) is 11.4. The highest BCUT2D eigenvalue weighted by molar-refractivity contribution is 9.10. The van der Waals surface area contributed by atoms with Gasteiger partial charge < -0.3 is 9.73 Å². The molecule has 0 fully saturated rings. The minimum atomic E-state index is -0.220. The first kappa shape index (κ1) is 20.7. The van der Waals surface area contributed by atoms with Gasteiger partial charge in [-0.05, 0) is 59.1 Å². The summed E-state index contributed by atoms with van der Waals surface area (Å²) in [5.74, 6) is -0.0309. The van der Waals surface area contributed by atoms with Crippen molar-refractivity contribution in [3.63, 3.8) is 0 Å². The molecule has 154 valence electrons. The molecule has 8 heteroatoms. The molecule has 4 aromatic rings. The van der Waals surface area contributed by atoms with Crippen LogP contribution in [0.25, 0.3) is 22.1 Å². The zero-order valence-electron chi connectivity index (χ0n) is 16.6. The molecule has 1 amide bonds. The van der Waals surface area contributed by atoms with Gasteiger partial charge in [0.25, 0.3) is 5.56 Å². The quantitative estimate of drug-likeness (QED) is 0.294. The fourth-order valence-corrected chi connectivity index (χ4v) is 4.63. The second kappa shape index (κ2) is 8.65. The van der Waals surface area contributed by atoms with E-state index in [1.54, 1.807) is 4.57 Å². The standard InChI is InChI=1S/C22H20BrN3O3S/c1-3-10-26-21(28)20-19(14-6-4-5-7-17(14)29-20)25-22(26)30-12-18(27)24-16-9-8-13(2)11-15(16)23/h4-9,11H,3,10,12H2,1-2H3,(H,24,27). The van der Waals surface area contributed by atoms with Crippen molar-refractivity contribution in [2.45, 2.75) is 32.0 Å². The van der Waals surface area contributed by atoms with E-state index in [-0.39, 0.29) is 22.8 Å². The average molecular weight is 486 g/mol. The lowest BCUT2D eigenvalue weighted by Gasteiger charge is -2.11. The van der Waals surface area contributed by atoms with Gasteiger partial charge in [-0.2, -0.15) is 0 Å². The number of nitrogens with one attached hydrogen (secondary N) is 1. The molecular weight excluding hydrogens is 466 g/mol. The number of aryl methyl sites for hydroxylation is 1. The number of thioether (sulfide) groups is 1. The van der Waals surface area contributed by atoms with Crippen molar-refractivity contribution in [3.05, 3.63) is 62.9 Å². The number of carbonyl (C=O) groups excluding carboxylic acids is 1. The molecule has 2 aromatic carbocycles. The van der Waals surface area contributed by atoms with Crippen molar-refractivity contribution in [2.24, 2.45) is 0 Å². The number of rotatable bonds is 6. The summed E-state index contributed by atoms with van der Waals surface area (Å²) in [7, 11) is 0. The molecule has 0 spiro atoms. The Balaban J connectivity index is 1.64. The van der Waals surface area contributed by atoms with Gasteiger partial charge in [0.1, 0.15) is 11.1 Å². The number of benzene rings is 2. The number of aromatic nitrogens is 2. The normalized spacial score (nSPS) is 11.3. The third kappa shape index (κ3) is 4.02. The topological polar surface area (TPSA) is 77.1 Å². The Kier molecular flexibility index (Phi) is 5.97. The minimum Gasteiger partial charge on any atom is -0.448 e. The van der Waals surface area contributed by atoms with Crippen molar-refractivity contribution in [3.8, 4) is 0 Å². The number of anilines is 1. The lowest BCUT2D eigenvalue weighted by Crippen LogP contribution is -2.23. The van der Waals surface area contributed by atoms with E-state index in [0.29, 0.717) is 28.5 Å². The van der Waals surface area contributed by atoms with Gasteiger partial charge in [-0.25, -0.2) is 4.98 Å². The van der Waals surface area contributed by atoms with E-state index in [4.69, 9.17) is 9.40 Å². The van der Waals surface area contributed by atoms with Crippen LogP contribution < -0.4 is 10.9 Å². The molecule has 2 aromatic heterocycles. The van der Waals surface area contributed by atoms with Gasteiger partial charge in [0.05, 0.1) is 11.4 Å². The van der Waals surface area contributed by atoms with E-state index < -0.39 is 0 Å². The van der Waals surface area contributed by atoms with Crippen LogP contribution in [0.3, 0.4) is 0 Å². The van der Waals surface area contributed by atoms with E-state index in [1.807, 2.05) is 56.3 Å². The molecule has 0 bridgehead atoms. The summed E-state index contributed by atoms with van der Waals surface area (Å²) < 4.78 is 8.18. The van der Waals surface area contributed by atoms with Crippen molar-refractivity contribution in [1.82, 2.24) is 9.55 Å². The summed E-state index contributed by atoms with van der Waals surface area (Å²) in [5.41, 5.74) is 3.00. The molecule has 0 aliphatic rings. The molecule has 6 nitrogen and oxygen atoms in total. The number of furan rings is 1. The maximum Gasteiger partial charge on any atom is 0.297 e. The molecule has 0 saturated heterocycles. The largest absolute Gasteiger partial charge is 0.448 e. The molecular formula is C22H20BrN3O3S. The smallest absolute Gasteiger partial charge is 0.297 e. The number of fused-ring (bicyclic) bond motifs is 3. The van der Waals surface area contributed by atoms with Crippen LogP contribution in [0, 0.1) is 6.92 Å². The lowest BCUT2D eigenvalue weighted by atomic mass is 10.2. The summed E-state index contributed by atoms with van der Waals surface area (Å²) in [4.78, 5) is 30.2. The Labute approximate surface area is 185 Å². The maximum atomic E-state index is 13.0. The Morgan fingerprint density at radius 1 is 1.27 bits per heavy atom. The van der Waals surface area contributed by atoms with Gasteiger partial charge in [-0.15, -0.1) is 0 Å². The van der Waals surface area contributed by atoms with Crippen LogP contribution in [0.4, 0.5) is 5.69 Å². The van der Waals surface area contributed by atoms with Crippen LogP contribution in [0.15, 0.2) is 61.3 Å². The van der Waals surface area contributed by atoms with Gasteiger partial charge in [-0.1, -0.05) is 36.9 Å². The van der Waals surface area contributed by atoms with Gasteiger partial charge in [0.15, 0.2) is 5.16 Å². The van der Waals surface area contributed by atoms with E-state index in [0.717, 1.165) is 21.8 Å². The Bertz CT molecular complexity index is 1310. The number of halogens is 1. The van der Waals surface area contributed by atoms with Crippen LogP contribution >= 0.6 is 27.7 Å². The molecule has 4 rings (SSSR count). The second-order valence-corrected chi connectivity index (χ2v) is 8.74. The summed E-state index contributed by atoms with van der Waals surface area (Å²) >= 11 is 4.72. The molecule has 2 heterocycles. The van der Waals surface area contributed by atoms with Crippen LogP contribution in [-0.2, 0) is 11.3 Å².